The third-order valence-electron chi connectivity index (χ3n) is 7.96. The Bertz CT molecular complexity index is 1300. The highest BCUT2D eigenvalue weighted by atomic mass is 32.2. The molecule has 0 aromatic heterocycles. The molecule has 40 heavy (non-hydrogen) atoms. The van der Waals surface area contributed by atoms with Gasteiger partial charge in [0, 0.05) is 32.2 Å². The molecule has 1 saturated carbocycles. The summed E-state index contributed by atoms with van der Waals surface area (Å²) >= 11 is 0. The van der Waals surface area contributed by atoms with Gasteiger partial charge < -0.3 is 10.1 Å². The molecule has 0 unspecified atom stereocenters. The number of sulfonamides is 1. The molecule has 1 amide bonds. The number of amides is 1. The number of hydrogen-bond donors (Lipinski definition) is 1. The van der Waals surface area contributed by atoms with Crippen molar-refractivity contribution in [2.45, 2.75) is 62.1 Å². The van der Waals surface area contributed by atoms with Crippen LogP contribution in [0.5, 0.6) is 5.75 Å². The van der Waals surface area contributed by atoms with Gasteiger partial charge in [-0.2, -0.15) is 4.31 Å². The molecule has 0 spiro atoms. The summed E-state index contributed by atoms with van der Waals surface area (Å²) in [6, 6.07) is 27.4. The summed E-state index contributed by atoms with van der Waals surface area (Å²) in [5.74, 6) is 0.342. The van der Waals surface area contributed by atoms with E-state index < -0.39 is 16.1 Å². The predicted molar refractivity (Wildman–Crippen MR) is 157 cm³/mol. The fraction of sp³-hybridized carbons (Fsp3) is 0.406. The molecule has 7 nitrogen and oxygen atoms in total. The number of carbonyl (C=O) groups is 1. The van der Waals surface area contributed by atoms with E-state index in [-0.39, 0.29) is 22.9 Å². The zero-order chi connectivity index (χ0) is 28.0. The highest BCUT2D eigenvalue weighted by molar-refractivity contribution is 7.89. The van der Waals surface area contributed by atoms with Crippen LogP contribution < -0.4 is 10.1 Å². The average Bonchev–Trinajstić information content (AvgIpc) is 2.99. The van der Waals surface area contributed by atoms with E-state index in [1.54, 1.807) is 35.5 Å². The number of hydrogen-bond acceptors (Lipinski definition) is 5. The van der Waals surface area contributed by atoms with Gasteiger partial charge in [0.1, 0.15) is 5.75 Å². The van der Waals surface area contributed by atoms with E-state index in [0.29, 0.717) is 31.9 Å². The standard InChI is InChI=1S/C32H39N3O4S/c1-25(32(36)33-28-15-9-4-10-16-28)39-29-17-19-30(20-18-29)40(37,38)35-23-21-34(22-24-35)31(26-11-5-2-6-12-26)27-13-7-3-8-14-27/h2-3,5-8,11-14,17-20,25,28,31H,4,9-10,15-16,21-24H2,1H3,(H,33,36)/t25-/m1/s1. The number of piperazine rings is 1. The van der Waals surface area contributed by atoms with Crippen LogP contribution in [0.1, 0.15) is 56.2 Å². The van der Waals surface area contributed by atoms with Crippen LogP contribution in [0.15, 0.2) is 89.8 Å². The Morgan fingerprint density at radius 2 is 1.35 bits per heavy atom. The van der Waals surface area contributed by atoms with E-state index in [4.69, 9.17) is 4.74 Å². The molecule has 0 bridgehead atoms. The van der Waals surface area contributed by atoms with Gasteiger partial charge in [-0.05, 0) is 55.2 Å². The van der Waals surface area contributed by atoms with Crippen LogP contribution >= 0.6 is 0 Å². The van der Waals surface area contributed by atoms with E-state index in [9.17, 15) is 13.2 Å². The molecule has 5 rings (SSSR count). The van der Waals surface area contributed by atoms with Crippen molar-refractivity contribution >= 4 is 15.9 Å². The smallest absolute Gasteiger partial charge is 0.260 e. The molecule has 1 saturated heterocycles. The monoisotopic (exact) mass is 561 g/mol. The number of ether oxygens (including phenoxy) is 1. The fourth-order valence-electron chi connectivity index (χ4n) is 5.75. The third kappa shape index (κ3) is 6.74. The fourth-order valence-corrected chi connectivity index (χ4v) is 7.17. The van der Waals surface area contributed by atoms with Crippen LogP contribution in [0.4, 0.5) is 0 Å². The van der Waals surface area contributed by atoms with Crippen molar-refractivity contribution in [1.82, 2.24) is 14.5 Å². The maximum absolute atomic E-state index is 13.5. The molecular weight excluding hydrogens is 522 g/mol. The zero-order valence-electron chi connectivity index (χ0n) is 23.1. The second kappa shape index (κ2) is 13.0. The summed E-state index contributed by atoms with van der Waals surface area (Å²) in [6.45, 7) is 3.80. The molecule has 3 aromatic carbocycles. The van der Waals surface area contributed by atoms with Crippen LogP contribution in [-0.2, 0) is 14.8 Å². The van der Waals surface area contributed by atoms with Crippen LogP contribution in [0.2, 0.25) is 0 Å². The first-order chi connectivity index (χ1) is 19.4. The second-order valence-electron chi connectivity index (χ2n) is 10.7. The number of rotatable bonds is 9. The summed E-state index contributed by atoms with van der Waals surface area (Å²) < 4.78 is 34.3. The van der Waals surface area contributed by atoms with Gasteiger partial charge >= 0.3 is 0 Å². The van der Waals surface area contributed by atoms with Gasteiger partial charge in [-0.15, -0.1) is 0 Å². The molecular formula is C32H39N3O4S. The van der Waals surface area contributed by atoms with Gasteiger partial charge in [-0.3, -0.25) is 9.69 Å². The second-order valence-corrected chi connectivity index (χ2v) is 12.7. The Hall–Kier alpha value is -3.20. The molecule has 2 fully saturated rings. The molecule has 1 aliphatic carbocycles. The molecule has 8 heteroatoms. The van der Waals surface area contributed by atoms with Crippen molar-refractivity contribution in [3.05, 3.63) is 96.1 Å². The van der Waals surface area contributed by atoms with E-state index in [1.165, 1.54) is 17.5 Å². The lowest BCUT2D eigenvalue weighted by molar-refractivity contribution is -0.128. The maximum Gasteiger partial charge on any atom is 0.260 e. The lowest BCUT2D eigenvalue weighted by atomic mass is 9.95. The summed E-state index contributed by atoms with van der Waals surface area (Å²) in [4.78, 5) is 15.1. The van der Waals surface area contributed by atoms with E-state index in [0.717, 1.165) is 25.7 Å². The van der Waals surface area contributed by atoms with Crippen LogP contribution in [0.25, 0.3) is 0 Å². The van der Waals surface area contributed by atoms with Gasteiger partial charge in [0.05, 0.1) is 10.9 Å². The Kier molecular flexibility index (Phi) is 9.19. The van der Waals surface area contributed by atoms with Crippen molar-refractivity contribution in [2.75, 3.05) is 26.2 Å². The molecule has 1 N–H and O–H groups in total. The van der Waals surface area contributed by atoms with E-state index in [2.05, 4.69) is 34.5 Å². The topological polar surface area (TPSA) is 79.0 Å². The average molecular weight is 562 g/mol. The number of benzene rings is 3. The van der Waals surface area contributed by atoms with Gasteiger partial charge in [-0.25, -0.2) is 8.42 Å². The molecule has 3 aromatic rings. The molecule has 0 radical (unpaired) electrons. The minimum atomic E-state index is -3.65. The quantitative estimate of drug-likeness (QED) is 0.398. The highest BCUT2D eigenvalue weighted by Gasteiger charge is 2.32. The molecule has 2 aliphatic rings. The Morgan fingerprint density at radius 1 is 0.800 bits per heavy atom. The minimum absolute atomic E-state index is 0.0704. The van der Waals surface area contributed by atoms with Crippen molar-refractivity contribution < 1.29 is 17.9 Å². The summed E-state index contributed by atoms with van der Waals surface area (Å²) in [6.07, 6.45) is 4.89. The SMILES string of the molecule is C[C@@H](Oc1ccc(S(=O)(=O)N2CCN(C(c3ccccc3)c3ccccc3)CC2)cc1)C(=O)NC1CCCCC1. The van der Waals surface area contributed by atoms with Gasteiger partial charge in [-0.1, -0.05) is 79.9 Å². The van der Waals surface area contributed by atoms with Gasteiger partial charge in [0.2, 0.25) is 10.0 Å². The van der Waals surface area contributed by atoms with Crippen LogP contribution in [0.3, 0.4) is 0 Å². The van der Waals surface area contributed by atoms with E-state index in [1.807, 2.05) is 36.4 Å². The van der Waals surface area contributed by atoms with Gasteiger partial charge in [0.25, 0.3) is 5.91 Å². The van der Waals surface area contributed by atoms with Crippen molar-refractivity contribution in [3.8, 4) is 5.75 Å². The number of nitrogens with zero attached hydrogens (tertiary/aromatic N) is 2. The summed E-state index contributed by atoms with van der Waals surface area (Å²) in [5.41, 5.74) is 2.39. The normalized spacial score (nSPS) is 18.4. The maximum atomic E-state index is 13.5. The van der Waals surface area contributed by atoms with E-state index >= 15 is 0 Å². The largest absolute Gasteiger partial charge is 0.481 e. The Labute approximate surface area is 238 Å². The molecule has 1 atom stereocenters. The molecule has 1 aliphatic heterocycles. The Balaban J connectivity index is 1.20. The number of carbonyl (C=O) groups excluding carboxylic acids is 1. The summed E-state index contributed by atoms with van der Waals surface area (Å²) in [7, 11) is -3.65. The lowest BCUT2D eigenvalue weighted by Gasteiger charge is -2.39. The van der Waals surface area contributed by atoms with Crippen molar-refractivity contribution in [3.63, 3.8) is 0 Å². The number of nitrogens with one attached hydrogen (secondary N) is 1. The van der Waals surface area contributed by atoms with Gasteiger partial charge in [0.15, 0.2) is 6.10 Å². The van der Waals surface area contributed by atoms with Crippen molar-refractivity contribution in [1.29, 1.82) is 0 Å². The Morgan fingerprint density at radius 3 is 1.90 bits per heavy atom. The first-order valence-corrected chi connectivity index (χ1v) is 15.8. The molecule has 1 heterocycles. The predicted octanol–water partition coefficient (Wildman–Crippen LogP) is 5.00. The van der Waals surface area contributed by atoms with Crippen molar-refractivity contribution in [2.24, 2.45) is 0 Å². The highest BCUT2D eigenvalue weighted by Crippen LogP contribution is 2.31. The zero-order valence-corrected chi connectivity index (χ0v) is 23.9. The third-order valence-corrected chi connectivity index (χ3v) is 9.88. The summed E-state index contributed by atoms with van der Waals surface area (Å²) in [5, 5.41) is 3.08. The first-order valence-electron chi connectivity index (χ1n) is 14.3. The molecule has 212 valence electrons. The minimum Gasteiger partial charge on any atom is -0.481 e. The lowest BCUT2D eigenvalue weighted by Crippen LogP contribution is -2.49. The van der Waals surface area contributed by atoms with Crippen LogP contribution in [-0.4, -0.2) is 61.9 Å². The first kappa shape index (κ1) is 28.3. The van der Waals surface area contributed by atoms with Crippen LogP contribution in [0, 0.1) is 0 Å².